The molecule has 0 saturated heterocycles. The third-order valence-electron chi connectivity index (χ3n) is 3.72. The molecule has 0 spiro atoms. The molecule has 0 N–H and O–H groups in total. The van der Waals surface area contributed by atoms with Gasteiger partial charge in [0.15, 0.2) is 5.82 Å². The Morgan fingerprint density at radius 3 is 2.58 bits per heavy atom. The number of hydrogen-bond donors (Lipinski definition) is 0. The molecule has 0 atom stereocenters. The van der Waals surface area contributed by atoms with E-state index in [2.05, 4.69) is 0 Å². The van der Waals surface area contributed by atoms with Crippen molar-refractivity contribution in [2.75, 3.05) is 0 Å². The first-order valence-electron chi connectivity index (χ1n) is 6.35. The van der Waals surface area contributed by atoms with Gasteiger partial charge >= 0.3 is 0 Å². The SMILES string of the molecule is Cn1c2c(c(=O)n1-c1ccc(F)cc1F)CCCC2. The Balaban J connectivity index is 2.26. The number of halogens is 2. The Hall–Kier alpha value is -1.91. The lowest BCUT2D eigenvalue weighted by molar-refractivity contribution is 0.543. The summed E-state index contributed by atoms with van der Waals surface area (Å²) in [7, 11) is 1.74. The molecule has 0 amide bonds. The van der Waals surface area contributed by atoms with E-state index in [1.54, 1.807) is 11.7 Å². The molecule has 1 aromatic carbocycles. The van der Waals surface area contributed by atoms with Gasteiger partial charge in [-0.05, 0) is 37.8 Å². The number of fused-ring (bicyclic) bond motifs is 1. The summed E-state index contributed by atoms with van der Waals surface area (Å²) < 4.78 is 29.8. The Morgan fingerprint density at radius 2 is 1.89 bits per heavy atom. The predicted octanol–water partition coefficient (Wildman–Crippen LogP) is 2.33. The zero-order chi connectivity index (χ0) is 13.6. The minimum absolute atomic E-state index is 0.100. The van der Waals surface area contributed by atoms with Crippen molar-refractivity contribution in [1.29, 1.82) is 0 Å². The first kappa shape index (κ1) is 12.1. The van der Waals surface area contributed by atoms with Crippen LogP contribution in [-0.2, 0) is 19.9 Å². The molecule has 0 aliphatic heterocycles. The Bertz CT molecular complexity index is 700. The van der Waals surface area contributed by atoms with Gasteiger partial charge in [-0.3, -0.25) is 9.48 Å². The van der Waals surface area contributed by atoms with E-state index >= 15 is 0 Å². The van der Waals surface area contributed by atoms with E-state index in [-0.39, 0.29) is 11.2 Å². The minimum Gasteiger partial charge on any atom is -0.285 e. The lowest BCUT2D eigenvalue weighted by atomic mass is 9.98. The molecule has 1 heterocycles. The average molecular weight is 264 g/mol. The molecule has 0 saturated carbocycles. The van der Waals surface area contributed by atoms with Crippen LogP contribution >= 0.6 is 0 Å². The highest BCUT2D eigenvalue weighted by molar-refractivity contribution is 5.36. The maximum absolute atomic E-state index is 13.8. The van der Waals surface area contributed by atoms with Crippen LogP contribution < -0.4 is 5.56 Å². The standard InChI is InChI=1S/C14H14F2N2O/c1-17-12-5-3-2-4-10(12)14(19)18(17)13-7-6-9(15)8-11(13)16/h6-8H,2-5H2,1H3. The van der Waals surface area contributed by atoms with Crippen molar-refractivity contribution in [3.05, 3.63) is 51.4 Å². The third-order valence-corrected chi connectivity index (χ3v) is 3.72. The second-order valence-corrected chi connectivity index (χ2v) is 4.87. The molecule has 1 aliphatic rings. The molecule has 0 bridgehead atoms. The predicted molar refractivity (Wildman–Crippen MR) is 67.6 cm³/mol. The van der Waals surface area contributed by atoms with Crippen LogP contribution in [0.15, 0.2) is 23.0 Å². The number of nitrogens with zero attached hydrogens (tertiary/aromatic N) is 2. The molecule has 0 fully saturated rings. The van der Waals surface area contributed by atoms with Crippen LogP contribution in [0.2, 0.25) is 0 Å². The number of benzene rings is 1. The normalized spacial score (nSPS) is 14.5. The van der Waals surface area contributed by atoms with Gasteiger partial charge in [-0.15, -0.1) is 0 Å². The minimum atomic E-state index is -0.722. The third kappa shape index (κ3) is 1.80. The van der Waals surface area contributed by atoms with E-state index in [4.69, 9.17) is 0 Å². The topological polar surface area (TPSA) is 26.9 Å². The largest absolute Gasteiger partial charge is 0.285 e. The van der Waals surface area contributed by atoms with Gasteiger partial charge in [-0.1, -0.05) is 0 Å². The smallest absolute Gasteiger partial charge is 0.274 e. The summed E-state index contributed by atoms with van der Waals surface area (Å²) in [5, 5.41) is 0. The summed E-state index contributed by atoms with van der Waals surface area (Å²) in [5.74, 6) is -1.37. The molecule has 1 aliphatic carbocycles. The summed E-state index contributed by atoms with van der Waals surface area (Å²) in [6.07, 6.45) is 3.59. The highest BCUT2D eigenvalue weighted by Gasteiger charge is 2.22. The Kier molecular flexibility index (Phi) is 2.77. The fourth-order valence-corrected chi connectivity index (χ4v) is 2.79. The van der Waals surface area contributed by atoms with E-state index in [0.29, 0.717) is 0 Å². The van der Waals surface area contributed by atoms with Crippen molar-refractivity contribution in [3.8, 4) is 5.69 Å². The molecule has 2 aromatic rings. The second kappa shape index (κ2) is 4.33. The number of hydrogen-bond acceptors (Lipinski definition) is 1. The molecule has 1 aromatic heterocycles. The van der Waals surface area contributed by atoms with Gasteiger partial charge in [0.05, 0.1) is 0 Å². The Labute approximate surface area is 109 Å². The molecule has 100 valence electrons. The molecular formula is C14H14F2N2O. The monoisotopic (exact) mass is 264 g/mol. The van der Waals surface area contributed by atoms with Crippen molar-refractivity contribution < 1.29 is 8.78 Å². The zero-order valence-electron chi connectivity index (χ0n) is 10.6. The highest BCUT2D eigenvalue weighted by Crippen LogP contribution is 2.21. The van der Waals surface area contributed by atoms with Crippen LogP contribution in [0, 0.1) is 11.6 Å². The van der Waals surface area contributed by atoms with Crippen LogP contribution in [0.3, 0.4) is 0 Å². The summed E-state index contributed by atoms with van der Waals surface area (Å²) in [4.78, 5) is 12.4. The van der Waals surface area contributed by atoms with E-state index in [1.807, 2.05) is 0 Å². The number of aromatic nitrogens is 2. The van der Waals surface area contributed by atoms with Crippen molar-refractivity contribution >= 4 is 0 Å². The lowest BCUT2D eigenvalue weighted by Crippen LogP contribution is -2.22. The summed E-state index contributed by atoms with van der Waals surface area (Å²) >= 11 is 0. The second-order valence-electron chi connectivity index (χ2n) is 4.87. The van der Waals surface area contributed by atoms with Crippen LogP contribution in [0.25, 0.3) is 5.69 Å². The van der Waals surface area contributed by atoms with Crippen molar-refractivity contribution in [3.63, 3.8) is 0 Å². The average Bonchev–Trinajstić information content (AvgIpc) is 2.64. The van der Waals surface area contributed by atoms with Gasteiger partial charge in [0.2, 0.25) is 0 Å². The molecule has 0 unspecified atom stereocenters. The number of rotatable bonds is 1. The van der Waals surface area contributed by atoms with E-state index in [0.717, 1.165) is 49.1 Å². The molecule has 3 nitrogen and oxygen atoms in total. The molecule has 19 heavy (non-hydrogen) atoms. The first-order valence-corrected chi connectivity index (χ1v) is 6.35. The fraction of sp³-hybridized carbons (Fsp3) is 0.357. The first-order chi connectivity index (χ1) is 9.09. The Morgan fingerprint density at radius 1 is 1.16 bits per heavy atom. The molecule has 5 heteroatoms. The van der Waals surface area contributed by atoms with Crippen LogP contribution in [0.4, 0.5) is 8.78 Å². The van der Waals surface area contributed by atoms with Gasteiger partial charge in [0.1, 0.15) is 11.5 Å². The van der Waals surface area contributed by atoms with E-state index < -0.39 is 11.6 Å². The lowest BCUT2D eigenvalue weighted by Gasteiger charge is -2.13. The summed E-state index contributed by atoms with van der Waals surface area (Å²) in [6, 6.07) is 3.27. The van der Waals surface area contributed by atoms with Gasteiger partial charge < -0.3 is 0 Å². The fourth-order valence-electron chi connectivity index (χ4n) is 2.79. The summed E-state index contributed by atoms with van der Waals surface area (Å²) in [5.41, 5.74) is 1.63. The molecule has 3 rings (SSSR count). The highest BCUT2D eigenvalue weighted by atomic mass is 19.1. The van der Waals surface area contributed by atoms with Gasteiger partial charge in [-0.2, -0.15) is 0 Å². The quantitative estimate of drug-likeness (QED) is 0.776. The van der Waals surface area contributed by atoms with Crippen molar-refractivity contribution in [2.45, 2.75) is 25.7 Å². The molecular weight excluding hydrogens is 250 g/mol. The van der Waals surface area contributed by atoms with Crippen molar-refractivity contribution in [1.82, 2.24) is 9.36 Å². The van der Waals surface area contributed by atoms with Gasteiger partial charge in [0.25, 0.3) is 5.56 Å². The van der Waals surface area contributed by atoms with Gasteiger partial charge in [0, 0.05) is 24.4 Å². The summed E-state index contributed by atoms with van der Waals surface area (Å²) in [6.45, 7) is 0. The van der Waals surface area contributed by atoms with Crippen molar-refractivity contribution in [2.24, 2.45) is 7.05 Å². The van der Waals surface area contributed by atoms with E-state index in [1.165, 1.54) is 10.7 Å². The maximum Gasteiger partial charge on any atom is 0.274 e. The van der Waals surface area contributed by atoms with Crippen LogP contribution in [0.5, 0.6) is 0 Å². The van der Waals surface area contributed by atoms with Crippen LogP contribution in [-0.4, -0.2) is 9.36 Å². The van der Waals surface area contributed by atoms with Crippen LogP contribution in [0.1, 0.15) is 24.1 Å². The molecule has 0 radical (unpaired) electrons. The maximum atomic E-state index is 13.8. The zero-order valence-corrected chi connectivity index (χ0v) is 10.6. The van der Waals surface area contributed by atoms with E-state index in [9.17, 15) is 13.6 Å². The van der Waals surface area contributed by atoms with Gasteiger partial charge in [-0.25, -0.2) is 13.5 Å².